The van der Waals surface area contributed by atoms with Gasteiger partial charge in [0, 0.05) is 51.8 Å². The van der Waals surface area contributed by atoms with Crippen molar-refractivity contribution in [2.75, 3.05) is 45.4 Å². The van der Waals surface area contributed by atoms with E-state index in [-0.39, 0.29) is 16.2 Å². The molecule has 0 aromatic heterocycles. The highest BCUT2D eigenvalue weighted by Crippen LogP contribution is 2.67. The van der Waals surface area contributed by atoms with Gasteiger partial charge in [-0.2, -0.15) is 0 Å². The molecule has 0 N–H and O–H groups in total. The summed E-state index contributed by atoms with van der Waals surface area (Å²) in [4.78, 5) is 2.40. The quantitative estimate of drug-likeness (QED) is 0.168. The Kier molecular flexibility index (Phi) is 8.81. The highest BCUT2D eigenvalue weighted by Gasteiger charge is 2.55. The maximum Gasteiger partial charge on any atom is 0.178 e. The van der Waals surface area contributed by atoms with E-state index in [4.69, 9.17) is 18.9 Å². The zero-order valence-corrected chi connectivity index (χ0v) is 35.6. The van der Waals surface area contributed by atoms with E-state index in [0.717, 1.165) is 84.0 Å². The lowest BCUT2D eigenvalue weighted by Crippen LogP contribution is -2.44. The zero-order chi connectivity index (χ0) is 40.7. The SMILES string of the molecule is COc1ccc(C2(c3ccc(N4CCOCC4)cc3)C=Cc3c4c(c5cc(-c6ccc(C)cc6)c(OC)cc5c3O2)-c2ccccc2C42CC(C)(C)CC(C)(C)C2)cc1. The van der Waals surface area contributed by atoms with E-state index < -0.39 is 5.60 Å². The number of ether oxygens (including phenoxy) is 4. The molecule has 6 aromatic rings. The van der Waals surface area contributed by atoms with Crippen molar-refractivity contribution in [1.82, 2.24) is 0 Å². The summed E-state index contributed by atoms with van der Waals surface area (Å²) in [6.07, 6.45) is 8.03. The molecule has 0 radical (unpaired) electrons. The predicted molar refractivity (Wildman–Crippen MR) is 241 cm³/mol. The highest BCUT2D eigenvalue weighted by atomic mass is 16.5. The van der Waals surface area contributed by atoms with Crippen LogP contribution >= 0.6 is 0 Å². The van der Waals surface area contributed by atoms with Crippen LogP contribution in [-0.4, -0.2) is 40.5 Å². The number of nitrogens with zero attached hydrogens (tertiary/aromatic N) is 1. The molecule has 59 heavy (non-hydrogen) atoms. The molecule has 0 amide bonds. The monoisotopic (exact) mass is 781 g/mol. The van der Waals surface area contributed by atoms with Crippen LogP contribution in [0.4, 0.5) is 5.69 Å². The molecule has 2 aliphatic carbocycles. The Bertz CT molecular complexity index is 2600. The third-order valence-corrected chi connectivity index (χ3v) is 13.6. The van der Waals surface area contributed by atoms with Crippen LogP contribution in [-0.2, 0) is 15.8 Å². The van der Waals surface area contributed by atoms with Crippen LogP contribution in [0.2, 0.25) is 0 Å². The summed E-state index contributed by atoms with van der Waals surface area (Å²) in [7, 11) is 3.50. The number of rotatable bonds is 6. The van der Waals surface area contributed by atoms with E-state index in [1.54, 1.807) is 14.2 Å². The molecule has 5 heteroatoms. The minimum absolute atomic E-state index is 0.125. The molecule has 2 heterocycles. The number of morpholine rings is 1. The maximum absolute atomic E-state index is 7.87. The number of methoxy groups -OCH3 is 2. The summed E-state index contributed by atoms with van der Waals surface area (Å²) < 4.78 is 25.5. The second-order valence-corrected chi connectivity index (χ2v) is 19.0. The lowest BCUT2D eigenvalue weighted by atomic mass is 9.52. The third kappa shape index (κ3) is 6.07. The third-order valence-electron chi connectivity index (χ3n) is 13.6. The van der Waals surface area contributed by atoms with Crippen molar-refractivity contribution in [3.05, 3.63) is 149 Å². The number of anilines is 1. The average Bonchev–Trinajstić information content (AvgIpc) is 3.50. The van der Waals surface area contributed by atoms with Gasteiger partial charge in [-0.15, -0.1) is 0 Å². The first-order valence-electron chi connectivity index (χ1n) is 21.3. The fraction of sp³-hybridized carbons (Fsp3) is 0.333. The van der Waals surface area contributed by atoms with Gasteiger partial charge in [0.2, 0.25) is 0 Å². The van der Waals surface area contributed by atoms with Crippen LogP contribution in [0, 0.1) is 17.8 Å². The summed E-state index contributed by atoms with van der Waals surface area (Å²) in [5.74, 6) is 2.54. The van der Waals surface area contributed by atoms with Gasteiger partial charge < -0.3 is 23.8 Å². The van der Waals surface area contributed by atoms with Crippen LogP contribution < -0.4 is 19.1 Å². The van der Waals surface area contributed by atoms with Crippen LogP contribution in [0.1, 0.15) is 80.3 Å². The van der Waals surface area contributed by atoms with Gasteiger partial charge in [-0.25, -0.2) is 0 Å². The van der Waals surface area contributed by atoms with E-state index in [1.807, 2.05) is 12.1 Å². The topological polar surface area (TPSA) is 40.2 Å². The van der Waals surface area contributed by atoms with Crippen LogP contribution in [0.15, 0.2) is 115 Å². The summed E-state index contributed by atoms with van der Waals surface area (Å²) >= 11 is 0. The van der Waals surface area contributed by atoms with Crippen LogP contribution in [0.3, 0.4) is 0 Å². The molecule has 5 nitrogen and oxygen atoms in total. The molecule has 1 unspecified atom stereocenters. The first-order chi connectivity index (χ1) is 28.4. The van der Waals surface area contributed by atoms with Crippen molar-refractivity contribution >= 4 is 22.5 Å². The first-order valence-corrected chi connectivity index (χ1v) is 21.3. The van der Waals surface area contributed by atoms with Gasteiger partial charge in [0.05, 0.1) is 27.4 Å². The van der Waals surface area contributed by atoms with Crippen molar-refractivity contribution in [3.8, 4) is 39.5 Å². The second kappa shape index (κ2) is 13.8. The summed E-state index contributed by atoms with van der Waals surface area (Å²) in [6, 6.07) is 40.1. The Morgan fingerprint density at radius 3 is 1.98 bits per heavy atom. The lowest BCUT2D eigenvalue weighted by Gasteiger charge is -2.52. The van der Waals surface area contributed by atoms with Gasteiger partial charge in [-0.05, 0) is 113 Å². The van der Waals surface area contributed by atoms with Crippen molar-refractivity contribution in [2.24, 2.45) is 10.8 Å². The molecule has 1 saturated heterocycles. The number of hydrogen-bond donors (Lipinski definition) is 0. The molecule has 1 spiro atoms. The lowest BCUT2D eigenvalue weighted by molar-refractivity contribution is 0.0642. The standard InChI is InChI=1S/C54H55NO4/c1-35-12-14-36(15-13-35)43-30-44-45(31-47(43)57-7)50-42(49-48(44)41-10-8-9-11-46(41)53(49)33-51(2,3)32-52(4,5)34-53)24-25-54(59-50,38-18-22-40(56-6)23-19-38)37-16-20-39(21-17-37)55-26-28-58-29-27-55/h8-25,30-31H,26-29,32-34H2,1-7H3. The minimum Gasteiger partial charge on any atom is -0.497 e. The van der Waals surface area contributed by atoms with Crippen LogP contribution in [0.5, 0.6) is 17.2 Å². The summed E-state index contributed by atoms with van der Waals surface area (Å²) in [5.41, 5.74) is 12.6. The van der Waals surface area contributed by atoms with Crippen molar-refractivity contribution in [1.29, 1.82) is 0 Å². The van der Waals surface area contributed by atoms with Gasteiger partial charge in [0.15, 0.2) is 5.60 Å². The van der Waals surface area contributed by atoms with Gasteiger partial charge in [-0.3, -0.25) is 0 Å². The van der Waals surface area contributed by atoms with Crippen molar-refractivity contribution in [2.45, 2.75) is 64.9 Å². The fourth-order valence-corrected chi connectivity index (χ4v) is 11.9. The number of aryl methyl sites for hydroxylation is 1. The molecule has 2 aliphatic heterocycles. The molecule has 0 bridgehead atoms. The second-order valence-electron chi connectivity index (χ2n) is 19.0. The molecule has 300 valence electrons. The average molecular weight is 782 g/mol. The van der Waals surface area contributed by atoms with E-state index >= 15 is 0 Å². The Balaban J connectivity index is 1.28. The van der Waals surface area contributed by atoms with Crippen LogP contribution in [0.25, 0.3) is 39.1 Å². The number of fused-ring (bicyclic) bond motifs is 10. The maximum atomic E-state index is 7.87. The Labute approximate surface area is 349 Å². The minimum atomic E-state index is -0.920. The van der Waals surface area contributed by atoms with E-state index in [1.165, 1.54) is 50.9 Å². The predicted octanol–water partition coefficient (Wildman–Crippen LogP) is 12.5. The molecule has 2 fully saturated rings. The smallest absolute Gasteiger partial charge is 0.178 e. The molecular formula is C54H55NO4. The highest BCUT2D eigenvalue weighted by molar-refractivity contribution is 6.10. The van der Waals surface area contributed by atoms with Gasteiger partial charge in [0.1, 0.15) is 17.2 Å². The number of hydrogen-bond acceptors (Lipinski definition) is 5. The Morgan fingerprint density at radius 1 is 0.661 bits per heavy atom. The summed E-state index contributed by atoms with van der Waals surface area (Å²) in [6.45, 7) is 15.3. The Morgan fingerprint density at radius 2 is 1.32 bits per heavy atom. The molecule has 10 rings (SSSR count). The largest absolute Gasteiger partial charge is 0.497 e. The summed E-state index contributed by atoms with van der Waals surface area (Å²) in [5, 5.41) is 2.25. The Hall–Kier alpha value is -5.52. The molecule has 1 saturated carbocycles. The fourth-order valence-electron chi connectivity index (χ4n) is 11.9. The van der Waals surface area contributed by atoms with Gasteiger partial charge in [-0.1, -0.05) is 112 Å². The van der Waals surface area contributed by atoms with Crippen molar-refractivity contribution < 1.29 is 18.9 Å². The van der Waals surface area contributed by atoms with Crippen molar-refractivity contribution in [3.63, 3.8) is 0 Å². The van der Waals surface area contributed by atoms with E-state index in [2.05, 4.69) is 149 Å². The van der Waals surface area contributed by atoms with Gasteiger partial charge in [0.25, 0.3) is 0 Å². The van der Waals surface area contributed by atoms with E-state index in [9.17, 15) is 0 Å². The molecule has 4 aliphatic rings. The first kappa shape index (κ1) is 37.7. The normalized spacial score (nSPS) is 20.8. The molecule has 6 aromatic carbocycles. The molecule has 1 atom stereocenters. The zero-order valence-electron chi connectivity index (χ0n) is 35.6. The number of benzene rings is 6. The van der Waals surface area contributed by atoms with Gasteiger partial charge >= 0.3 is 0 Å². The molecular weight excluding hydrogens is 727 g/mol. The van der Waals surface area contributed by atoms with E-state index in [0.29, 0.717) is 0 Å².